The molecule has 0 bridgehead atoms. The van der Waals surface area contributed by atoms with Gasteiger partial charge in [0.1, 0.15) is 0 Å². The van der Waals surface area contributed by atoms with Gasteiger partial charge >= 0.3 is 0 Å². The van der Waals surface area contributed by atoms with Crippen molar-refractivity contribution >= 4 is 44.5 Å². The lowest BCUT2D eigenvalue weighted by molar-refractivity contribution is -0.112. The molecule has 0 unspecified atom stereocenters. The average Bonchev–Trinajstić information content (AvgIpc) is 2.73. The number of amides is 1. The van der Waals surface area contributed by atoms with E-state index in [2.05, 4.69) is 5.32 Å². The van der Waals surface area contributed by atoms with E-state index < -0.39 is 15.9 Å². The maximum Gasteiger partial charge on any atom is 0.270 e. The van der Waals surface area contributed by atoms with Crippen LogP contribution in [0.1, 0.15) is 16.7 Å². The molecule has 4 rings (SSSR count). The summed E-state index contributed by atoms with van der Waals surface area (Å²) in [5.41, 5.74) is 3.46. The van der Waals surface area contributed by atoms with Crippen molar-refractivity contribution in [3.63, 3.8) is 0 Å². The average molecular weight is 439 g/mol. The Kier molecular flexibility index (Phi) is 5.13. The summed E-state index contributed by atoms with van der Waals surface area (Å²) in [5, 5.41) is 3.19. The van der Waals surface area contributed by atoms with E-state index in [1.54, 1.807) is 42.5 Å². The molecule has 7 heteroatoms. The maximum absolute atomic E-state index is 13.4. The molecule has 1 N–H and O–H groups in total. The third-order valence-corrected chi connectivity index (χ3v) is 7.13. The van der Waals surface area contributed by atoms with Gasteiger partial charge in [0.25, 0.3) is 15.9 Å². The van der Waals surface area contributed by atoms with E-state index in [0.717, 1.165) is 9.87 Å². The number of nitrogens with zero attached hydrogens (tertiary/aromatic N) is 1. The monoisotopic (exact) mass is 438 g/mol. The van der Waals surface area contributed by atoms with Gasteiger partial charge in [0.15, 0.2) is 4.91 Å². The van der Waals surface area contributed by atoms with Crippen LogP contribution in [0.25, 0.3) is 5.57 Å². The number of hydrogen-bond donors (Lipinski definition) is 1. The molecule has 5 nitrogen and oxygen atoms in total. The van der Waals surface area contributed by atoms with Crippen LogP contribution in [0.2, 0.25) is 5.02 Å². The second-order valence-electron chi connectivity index (χ2n) is 6.97. The van der Waals surface area contributed by atoms with Gasteiger partial charge in [-0.3, -0.25) is 9.10 Å². The van der Waals surface area contributed by atoms with Crippen LogP contribution < -0.4 is 9.62 Å². The highest BCUT2D eigenvalue weighted by Gasteiger charge is 2.39. The van der Waals surface area contributed by atoms with Crippen molar-refractivity contribution in [3.8, 4) is 0 Å². The third-order valence-electron chi connectivity index (χ3n) is 5.07. The number of hydrogen-bond acceptors (Lipinski definition) is 3. The van der Waals surface area contributed by atoms with Crippen molar-refractivity contribution in [3.05, 3.63) is 99.4 Å². The Bertz CT molecular complexity index is 1280. The van der Waals surface area contributed by atoms with Crippen molar-refractivity contribution in [1.29, 1.82) is 0 Å². The molecule has 0 spiro atoms. The van der Waals surface area contributed by atoms with Gasteiger partial charge in [0.05, 0.1) is 5.69 Å². The van der Waals surface area contributed by atoms with Crippen LogP contribution in [0.4, 0.5) is 11.4 Å². The van der Waals surface area contributed by atoms with Crippen LogP contribution in [0.15, 0.2) is 77.7 Å². The van der Waals surface area contributed by atoms with E-state index >= 15 is 0 Å². The Balaban J connectivity index is 1.97. The first-order valence-electron chi connectivity index (χ1n) is 9.26. The van der Waals surface area contributed by atoms with Gasteiger partial charge in [-0.25, -0.2) is 8.42 Å². The number of sulfonamides is 1. The number of rotatable bonds is 3. The smallest absolute Gasteiger partial charge is 0.270 e. The van der Waals surface area contributed by atoms with Crippen molar-refractivity contribution in [2.45, 2.75) is 6.92 Å². The summed E-state index contributed by atoms with van der Waals surface area (Å²) in [7, 11) is -2.64. The molecular weight excluding hydrogens is 420 g/mol. The maximum atomic E-state index is 13.4. The molecule has 3 aromatic carbocycles. The number of anilines is 2. The predicted molar refractivity (Wildman–Crippen MR) is 121 cm³/mol. The van der Waals surface area contributed by atoms with Crippen LogP contribution >= 0.6 is 11.6 Å². The third kappa shape index (κ3) is 3.38. The number of nitrogens with one attached hydrogen (secondary N) is 1. The van der Waals surface area contributed by atoms with Crippen LogP contribution in [0.5, 0.6) is 0 Å². The number of halogens is 1. The quantitative estimate of drug-likeness (QED) is 0.637. The van der Waals surface area contributed by atoms with Crippen LogP contribution in [-0.4, -0.2) is 21.4 Å². The van der Waals surface area contributed by atoms with E-state index in [-0.39, 0.29) is 4.91 Å². The van der Waals surface area contributed by atoms with E-state index in [1.807, 2.05) is 37.3 Å². The molecule has 1 aliphatic heterocycles. The summed E-state index contributed by atoms with van der Waals surface area (Å²) < 4.78 is 28.0. The van der Waals surface area contributed by atoms with Crippen LogP contribution in [-0.2, 0) is 14.8 Å². The number of fused-ring (bicyclic) bond motifs is 1. The Morgan fingerprint density at radius 1 is 0.967 bits per heavy atom. The fourth-order valence-corrected chi connectivity index (χ4v) is 5.14. The molecule has 152 valence electrons. The molecule has 30 heavy (non-hydrogen) atoms. The molecule has 0 fully saturated rings. The topological polar surface area (TPSA) is 66.5 Å². The van der Waals surface area contributed by atoms with Crippen molar-refractivity contribution in [2.24, 2.45) is 0 Å². The SMILES string of the molecule is Cc1ccc(Cl)cc1NC(=O)C1=C(c2ccccc2)c2ccccc2N(C)S1(=O)=O. The lowest BCUT2D eigenvalue weighted by Crippen LogP contribution is -2.37. The van der Waals surface area contributed by atoms with E-state index in [1.165, 1.54) is 7.05 Å². The van der Waals surface area contributed by atoms with E-state index in [9.17, 15) is 13.2 Å². The zero-order chi connectivity index (χ0) is 21.5. The Morgan fingerprint density at radius 2 is 1.63 bits per heavy atom. The Morgan fingerprint density at radius 3 is 2.37 bits per heavy atom. The summed E-state index contributed by atoms with van der Waals surface area (Å²) >= 11 is 6.07. The summed E-state index contributed by atoms with van der Waals surface area (Å²) in [6.07, 6.45) is 0. The van der Waals surface area contributed by atoms with Gasteiger partial charge in [-0.1, -0.05) is 66.2 Å². The first-order chi connectivity index (χ1) is 14.3. The normalized spacial score (nSPS) is 15.0. The molecule has 3 aromatic rings. The molecule has 1 heterocycles. The molecule has 0 atom stereocenters. The van der Waals surface area contributed by atoms with E-state index in [4.69, 9.17) is 11.6 Å². The fraction of sp³-hybridized carbons (Fsp3) is 0.0870. The summed E-state index contributed by atoms with van der Waals surface area (Å²) in [5.74, 6) is -0.708. The molecule has 0 saturated carbocycles. The number of carbonyl (C=O) groups excluding carboxylic acids is 1. The Labute approximate surface area is 180 Å². The van der Waals surface area contributed by atoms with Gasteiger partial charge in [-0.05, 0) is 36.2 Å². The minimum absolute atomic E-state index is 0.297. The molecule has 0 aromatic heterocycles. The molecular formula is C23H19ClN2O3S. The number of para-hydroxylation sites is 1. The highest BCUT2D eigenvalue weighted by molar-refractivity contribution is 7.97. The summed E-state index contributed by atoms with van der Waals surface area (Å²) in [4.78, 5) is 13.1. The van der Waals surface area contributed by atoms with Gasteiger partial charge < -0.3 is 5.32 Å². The van der Waals surface area contributed by atoms with Crippen molar-refractivity contribution < 1.29 is 13.2 Å². The van der Waals surface area contributed by atoms with E-state index in [0.29, 0.717) is 33.1 Å². The lowest BCUT2D eigenvalue weighted by atomic mass is 9.95. The minimum atomic E-state index is -4.09. The van der Waals surface area contributed by atoms with Gasteiger partial charge in [-0.15, -0.1) is 0 Å². The molecule has 0 aliphatic carbocycles. The number of benzene rings is 3. The van der Waals surface area contributed by atoms with Crippen molar-refractivity contribution in [1.82, 2.24) is 0 Å². The second kappa shape index (κ2) is 7.63. The molecule has 1 aliphatic rings. The predicted octanol–water partition coefficient (Wildman–Crippen LogP) is 4.83. The van der Waals surface area contributed by atoms with Crippen molar-refractivity contribution in [2.75, 3.05) is 16.7 Å². The molecule has 0 saturated heterocycles. The first-order valence-corrected chi connectivity index (χ1v) is 11.1. The lowest BCUT2D eigenvalue weighted by Gasteiger charge is -2.31. The summed E-state index contributed by atoms with van der Waals surface area (Å²) in [6.45, 7) is 1.81. The summed E-state index contributed by atoms with van der Waals surface area (Å²) in [6, 6.07) is 21.3. The van der Waals surface area contributed by atoms with Gasteiger partial charge in [-0.2, -0.15) is 0 Å². The molecule has 1 amide bonds. The largest absolute Gasteiger partial charge is 0.321 e. The zero-order valence-corrected chi connectivity index (χ0v) is 18.0. The van der Waals surface area contributed by atoms with Gasteiger partial charge in [0, 0.05) is 28.9 Å². The fourth-order valence-electron chi connectivity index (χ4n) is 3.51. The Hall–Kier alpha value is -3.09. The number of aryl methyl sites for hydroxylation is 1. The molecule has 0 radical (unpaired) electrons. The number of carbonyl (C=O) groups is 1. The van der Waals surface area contributed by atoms with Crippen LogP contribution in [0, 0.1) is 6.92 Å². The van der Waals surface area contributed by atoms with Crippen LogP contribution in [0.3, 0.4) is 0 Å². The highest BCUT2D eigenvalue weighted by atomic mass is 35.5. The first kappa shape index (κ1) is 20.2. The standard InChI is InChI=1S/C23H19ClN2O3S/c1-15-12-13-17(24)14-19(15)25-23(27)22-21(16-8-4-3-5-9-16)18-10-6-7-11-20(18)26(2)30(22,28)29/h3-14H,1-2H3,(H,25,27). The minimum Gasteiger partial charge on any atom is -0.321 e. The van der Waals surface area contributed by atoms with Gasteiger partial charge in [0.2, 0.25) is 0 Å². The second-order valence-corrected chi connectivity index (χ2v) is 9.32. The highest BCUT2D eigenvalue weighted by Crippen LogP contribution is 2.42. The zero-order valence-electron chi connectivity index (χ0n) is 16.4.